The fourth-order valence-electron chi connectivity index (χ4n) is 3.87. The minimum absolute atomic E-state index is 0.0158. The smallest absolute Gasteiger partial charge is 0.353 e. The van der Waals surface area contributed by atoms with Gasteiger partial charge in [-0.25, -0.2) is 19.2 Å². The summed E-state index contributed by atoms with van der Waals surface area (Å²) in [5.74, 6) is -2.02. The van der Waals surface area contributed by atoms with Gasteiger partial charge in [0.2, 0.25) is 0 Å². The number of aliphatic imine (C=N–C) groups is 1. The second kappa shape index (κ2) is 14.5. The van der Waals surface area contributed by atoms with E-state index in [9.17, 15) is 23.9 Å². The van der Waals surface area contributed by atoms with Gasteiger partial charge in [-0.15, -0.1) is 23.5 Å². The van der Waals surface area contributed by atoms with Crippen LogP contribution in [0.2, 0.25) is 4.34 Å². The van der Waals surface area contributed by atoms with Crippen LogP contribution in [0.1, 0.15) is 12.6 Å². The Balaban J connectivity index is 1.52. The second-order valence-corrected chi connectivity index (χ2v) is 13.6. The molecule has 2 aromatic heterocycles. The van der Waals surface area contributed by atoms with Crippen molar-refractivity contribution >= 4 is 92.8 Å². The van der Waals surface area contributed by atoms with Crippen molar-refractivity contribution < 1.29 is 28.7 Å². The van der Waals surface area contributed by atoms with Gasteiger partial charge in [0.25, 0.3) is 11.8 Å². The van der Waals surface area contributed by atoms with Crippen molar-refractivity contribution in [3.8, 4) is 0 Å². The van der Waals surface area contributed by atoms with Crippen LogP contribution in [-0.2, 0) is 19.2 Å². The van der Waals surface area contributed by atoms with Crippen LogP contribution < -0.4 is 22.5 Å². The third-order valence-electron chi connectivity index (χ3n) is 5.62. The van der Waals surface area contributed by atoms with Crippen LogP contribution in [0.5, 0.6) is 0 Å². The number of guanidine groups is 1. The molecule has 0 spiro atoms. The van der Waals surface area contributed by atoms with E-state index >= 15 is 0 Å². The first kappa shape index (κ1) is 32.6. The number of nitrogens with zero attached hydrogens (tertiary/aromatic N) is 5. The minimum atomic E-state index is -1.29. The number of thioether (sulfide) groups is 3. The van der Waals surface area contributed by atoms with Crippen molar-refractivity contribution in [1.29, 1.82) is 0 Å². The van der Waals surface area contributed by atoms with E-state index in [1.165, 1.54) is 35.3 Å². The van der Waals surface area contributed by atoms with Gasteiger partial charge in [0, 0.05) is 38.6 Å². The molecule has 20 heteroatoms. The monoisotopic (exact) mass is 689 g/mol. The number of hydrogen-bond acceptors (Lipinski definition) is 13. The molecular formula is C23H25ClFN9O5S4. The maximum atomic E-state index is 13.2. The molecule has 14 nitrogen and oxygen atoms in total. The number of carbonyl (C=O) groups excluding carboxylic acids is 2. The van der Waals surface area contributed by atoms with Crippen LogP contribution in [0.15, 0.2) is 49.0 Å². The Morgan fingerprint density at radius 1 is 1.40 bits per heavy atom. The first-order chi connectivity index (χ1) is 20.5. The predicted octanol–water partition coefficient (Wildman–Crippen LogP) is 1.71. The molecule has 0 radical (unpaired) electrons. The maximum Gasteiger partial charge on any atom is 0.353 e. The van der Waals surface area contributed by atoms with Crippen LogP contribution in [0, 0.1) is 0 Å². The number of carboxylic acids is 1. The number of aromatic nitrogens is 2. The molecule has 230 valence electrons. The fourth-order valence-corrected chi connectivity index (χ4v) is 8.41. The number of nitrogens with one attached hydrogen (secondary N) is 1. The molecule has 4 heterocycles. The largest absolute Gasteiger partial charge is 0.477 e. The van der Waals surface area contributed by atoms with E-state index in [2.05, 4.69) is 25.4 Å². The molecule has 2 amide bonds. The number of alkyl halides is 1. The number of β-lactam (4-membered cyclic amide) rings is 1. The summed E-state index contributed by atoms with van der Waals surface area (Å²) in [6.45, 7) is 0.570. The zero-order valence-corrected chi connectivity index (χ0v) is 26.3. The normalized spacial score (nSPS) is 18.9. The number of amides is 2. The number of pyridine rings is 1. The van der Waals surface area contributed by atoms with Crippen molar-refractivity contribution in [2.75, 3.05) is 30.5 Å². The molecule has 0 bridgehead atoms. The molecule has 1 unspecified atom stereocenters. The highest BCUT2D eigenvalue weighted by Crippen LogP contribution is 2.46. The molecule has 1 fully saturated rings. The Bertz CT molecular complexity index is 1500. The Kier molecular flexibility index (Phi) is 11.0. The molecule has 2 aliphatic heterocycles. The van der Waals surface area contributed by atoms with E-state index in [4.69, 9.17) is 33.6 Å². The highest BCUT2D eigenvalue weighted by Gasteiger charge is 2.54. The fraction of sp³-hybridized carbons (Fsp3) is 0.348. The van der Waals surface area contributed by atoms with Crippen molar-refractivity contribution in [3.63, 3.8) is 0 Å². The lowest BCUT2D eigenvalue weighted by Gasteiger charge is -2.49. The molecule has 1 saturated heterocycles. The zero-order valence-electron chi connectivity index (χ0n) is 22.2. The van der Waals surface area contributed by atoms with Crippen molar-refractivity contribution in [1.82, 2.24) is 20.2 Å². The van der Waals surface area contributed by atoms with Gasteiger partial charge in [-0.1, -0.05) is 39.9 Å². The van der Waals surface area contributed by atoms with Gasteiger partial charge in [-0.2, -0.15) is 0 Å². The molecule has 8 N–H and O–H groups in total. The molecule has 0 aromatic carbocycles. The van der Waals surface area contributed by atoms with Crippen LogP contribution >= 0.6 is 58.2 Å². The first-order valence-corrected chi connectivity index (χ1v) is 16.3. The zero-order chi connectivity index (χ0) is 31.3. The lowest BCUT2D eigenvalue weighted by Crippen LogP contribution is -2.71. The number of thiazole rings is 1. The standard InChI is InChI=1S/C23H25ClFN9O5S4/c1-9(30-22(26)27)7-40-11-6-29-4-2-10(11)42-12-8-41-20-15(19(36)34(20)16(12)21(37)38)31-18(35)14(33-39-5-3-25)13-17(24)43-23(28)32-13/h2,4,6,9,15,20H,3,5,7-8H2,1H3,(H2,28,32)(H,31,35)(H,37,38)(H4,26,27,30)/t9?,15-,20+/m1/s1. The molecule has 4 rings (SSSR count). The number of carbonyl (C=O) groups is 3. The van der Waals surface area contributed by atoms with E-state index in [1.54, 1.807) is 18.5 Å². The quantitative estimate of drug-likeness (QED) is 0.0505. The number of nitrogens with two attached hydrogens (primary N) is 3. The van der Waals surface area contributed by atoms with E-state index in [-0.39, 0.29) is 38.6 Å². The Labute approximate surface area is 266 Å². The van der Waals surface area contributed by atoms with Gasteiger partial charge in [-0.3, -0.25) is 19.5 Å². The molecule has 0 saturated carbocycles. The number of carboxylic acid groups (broad SMARTS) is 1. The second-order valence-electron chi connectivity index (χ2n) is 8.71. The molecule has 2 aromatic rings. The average molecular weight is 690 g/mol. The van der Waals surface area contributed by atoms with E-state index in [0.717, 1.165) is 26.0 Å². The number of halogens is 2. The van der Waals surface area contributed by atoms with Crippen molar-refractivity contribution in [2.24, 2.45) is 21.6 Å². The number of rotatable bonds is 13. The first-order valence-electron chi connectivity index (χ1n) is 12.2. The molecule has 0 aliphatic carbocycles. The summed E-state index contributed by atoms with van der Waals surface area (Å²) in [6.07, 6.45) is 3.25. The summed E-state index contributed by atoms with van der Waals surface area (Å²) >= 11 is 11.0. The Hall–Kier alpha value is -3.26. The number of aliphatic carboxylic acids is 1. The van der Waals surface area contributed by atoms with Gasteiger partial charge in [0.15, 0.2) is 16.8 Å². The molecule has 3 atom stereocenters. The van der Waals surface area contributed by atoms with Crippen LogP contribution in [0.3, 0.4) is 0 Å². The summed E-state index contributed by atoms with van der Waals surface area (Å²) < 4.78 is 12.6. The SMILES string of the molecule is CC(CSc1cnccc1SC1=C(C(=O)O)N2C(=O)[C@@H](NC(=O)C(=NOCCF)c3nc(N)sc3Cl)[C@@H]2SC1)N=C(N)N. The third-order valence-corrected chi connectivity index (χ3v) is 10.7. The van der Waals surface area contributed by atoms with Gasteiger partial charge in [-0.05, 0) is 13.0 Å². The summed E-state index contributed by atoms with van der Waals surface area (Å²) in [7, 11) is 0. The third kappa shape index (κ3) is 7.64. The van der Waals surface area contributed by atoms with Crippen molar-refractivity contribution in [2.45, 2.75) is 34.2 Å². The van der Waals surface area contributed by atoms with Gasteiger partial charge >= 0.3 is 5.97 Å². The summed E-state index contributed by atoms with van der Waals surface area (Å²) in [5, 5.41) is 15.6. The van der Waals surface area contributed by atoms with Crippen LogP contribution in [0.4, 0.5) is 9.52 Å². The summed E-state index contributed by atoms with van der Waals surface area (Å²) in [6, 6.07) is 0.511. The number of fused-ring (bicyclic) bond motifs is 1. The Morgan fingerprint density at radius 3 is 2.81 bits per heavy atom. The number of oxime groups is 1. The summed E-state index contributed by atoms with van der Waals surface area (Å²) in [5.41, 5.74) is 15.9. The van der Waals surface area contributed by atoms with Gasteiger partial charge in [0.1, 0.15) is 40.4 Å². The van der Waals surface area contributed by atoms with Crippen LogP contribution in [-0.4, -0.2) is 91.7 Å². The number of hydrogen-bond donors (Lipinski definition) is 5. The lowest BCUT2D eigenvalue weighted by molar-refractivity contribution is -0.150. The summed E-state index contributed by atoms with van der Waals surface area (Å²) in [4.78, 5) is 59.0. The molecule has 43 heavy (non-hydrogen) atoms. The Morgan fingerprint density at radius 2 is 2.16 bits per heavy atom. The maximum absolute atomic E-state index is 13.2. The van der Waals surface area contributed by atoms with Crippen molar-refractivity contribution in [3.05, 3.63) is 39.1 Å². The molecular weight excluding hydrogens is 665 g/mol. The van der Waals surface area contributed by atoms with E-state index < -0.39 is 48.2 Å². The molecule has 2 aliphatic rings. The topological polar surface area (TPSA) is 224 Å². The minimum Gasteiger partial charge on any atom is -0.477 e. The number of nitrogen functional groups attached to an aromatic ring is 1. The lowest BCUT2D eigenvalue weighted by atomic mass is 10.0. The predicted molar refractivity (Wildman–Crippen MR) is 166 cm³/mol. The highest BCUT2D eigenvalue weighted by molar-refractivity contribution is 8.07. The van der Waals surface area contributed by atoms with Crippen LogP contribution in [0.25, 0.3) is 0 Å². The van der Waals surface area contributed by atoms with E-state index in [1.807, 2.05) is 6.92 Å². The van der Waals surface area contributed by atoms with Gasteiger partial charge < -0.3 is 32.5 Å². The van der Waals surface area contributed by atoms with E-state index in [0.29, 0.717) is 10.7 Å². The number of anilines is 1. The van der Waals surface area contributed by atoms with Gasteiger partial charge in [0.05, 0.1) is 6.04 Å². The average Bonchev–Trinajstić information content (AvgIpc) is 3.29. The highest BCUT2D eigenvalue weighted by atomic mass is 35.5.